The van der Waals surface area contributed by atoms with Crippen LogP contribution in [0.15, 0.2) is 29.8 Å². The molecule has 0 atom stereocenters. The number of carbonyl (C=O) groups excluding carboxylic acids is 2. The van der Waals surface area contributed by atoms with E-state index in [-0.39, 0.29) is 11.2 Å². The molecular formula is C19H24O3Si. The highest BCUT2D eigenvalue weighted by Crippen LogP contribution is 2.46. The fraction of sp³-hybridized carbons (Fsp3) is 0.474. The Balaban J connectivity index is 1.93. The van der Waals surface area contributed by atoms with Crippen LogP contribution >= 0.6 is 0 Å². The molecule has 1 aliphatic carbocycles. The normalized spacial score (nSPS) is 22.9. The van der Waals surface area contributed by atoms with E-state index >= 15 is 0 Å². The lowest BCUT2D eigenvalue weighted by molar-refractivity contribution is -0.112. The molecular weight excluding hydrogens is 304 g/mol. The van der Waals surface area contributed by atoms with Gasteiger partial charge in [0.2, 0.25) is 11.6 Å². The Hall–Kier alpha value is -1.68. The van der Waals surface area contributed by atoms with Crippen molar-refractivity contribution in [3.8, 4) is 0 Å². The van der Waals surface area contributed by atoms with Crippen molar-refractivity contribution < 1.29 is 14.7 Å². The van der Waals surface area contributed by atoms with Crippen molar-refractivity contribution in [2.45, 2.75) is 51.4 Å². The van der Waals surface area contributed by atoms with Gasteiger partial charge < -0.3 is 5.11 Å². The maximum atomic E-state index is 12.5. The summed E-state index contributed by atoms with van der Waals surface area (Å²) in [6.07, 6.45) is 2.65. The highest BCUT2D eigenvalue weighted by molar-refractivity contribution is 6.77. The van der Waals surface area contributed by atoms with Crippen LogP contribution in [-0.2, 0) is 4.79 Å². The Kier molecular flexibility index (Phi) is 3.83. The first-order valence-electron chi connectivity index (χ1n) is 8.33. The number of hydrogen-bond donors (Lipinski definition) is 1. The van der Waals surface area contributed by atoms with Crippen LogP contribution in [0.4, 0.5) is 0 Å². The second-order valence-corrected chi connectivity index (χ2v) is 13.5. The molecule has 1 fully saturated rings. The second-order valence-electron chi connectivity index (χ2n) is 8.18. The van der Waals surface area contributed by atoms with E-state index < -0.39 is 19.6 Å². The zero-order valence-electron chi connectivity index (χ0n) is 14.1. The van der Waals surface area contributed by atoms with E-state index in [9.17, 15) is 14.7 Å². The first-order chi connectivity index (χ1) is 10.7. The van der Waals surface area contributed by atoms with Crippen LogP contribution in [0.3, 0.4) is 0 Å². The molecule has 1 N–H and O–H groups in total. The van der Waals surface area contributed by atoms with Gasteiger partial charge in [-0.05, 0) is 24.7 Å². The monoisotopic (exact) mass is 328 g/mol. The van der Waals surface area contributed by atoms with Crippen molar-refractivity contribution in [2.24, 2.45) is 5.41 Å². The number of fused-ring (bicyclic) bond motifs is 1. The molecule has 2 aliphatic rings. The summed E-state index contributed by atoms with van der Waals surface area (Å²) >= 11 is 0. The van der Waals surface area contributed by atoms with Crippen molar-refractivity contribution in [1.29, 1.82) is 0 Å². The summed E-state index contributed by atoms with van der Waals surface area (Å²) in [7, 11) is -1.08. The average Bonchev–Trinajstić information content (AvgIpc) is 2.53. The smallest absolute Gasteiger partial charge is 0.234 e. The minimum atomic E-state index is -1.08. The van der Waals surface area contributed by atoms with E-state index in [2.05, 4.69) is 20.0 Å². The summed E-state index contributed by atoms with van der Waals surface area (Å²) < 4.78 is 0. The second kappa shape index (κ2) is 5.44. The van der Waals surface area contributed by atoms with Gasteiger partial charge in [0.25, 0.3) is 0 Å². The Morgan fingerprint density at radius 2 is 1.61 bits per heavy atom. The van der Waals surface area contributed by atoms with Gasteiger partial charge in [0.05, 0.1) is 0 Å². The third-order valence-corrected chi connectivity index (χ3v) is 8.81. The number of Topliss-reactive ketones (excluding diaryl/α,β-unsaturated/α-hetero) is 2. The molecule has 3 rings (SSSR count). The number of aliphatic hydroxyl groups excluding tert-OH is 1. The molecule has 1 heterocycles. The van der Waals surface area contributed by atoms with Crippen molar-refractivity contribution in [2.75, 3.05) is 0 Å². The Morgan fingerprint density at radius 3 is 2.22 bits per heavy atom. The summed E-state index contributed by atoms with van der Waals surface area (Å²) in [6.45, 7) is 7.01. The summed E-state index contributed by atoms with van der Waals surface area (Å²) in [5.74, 6) is -1.000. The SMILES string of the molecule is CC1(CC2=C(O)c3ccccc3C(=O)C2=O)CC[Si](C)(C)CC1. The lowest BCUT2D eigenvalue weighted by Crippen LogP contribution is -2.37. The molecule has 0 radical (unpaired) electrons. The van der Waals surface area contributed by atoms with Crippen molar-refractivity contribution in [1.82, 2.24) is 0 Å². The number of carbonyl (C=O) groups is 2. The molecule has 23 heavy (non-hydrogen) atoms. The van der Waals surface area contributed by atoms with E-state index in [0.717, 1.165) is 12.8 Å². The Morgan fingerprint density at radius 1 is 1.04 bits per heavy atom. The number of hydrogen-bond acceptors (Lipinski definition) is 3. The third-order valence-electron chi connectivity index (χ3n) is 5.61. The van der Waals surface area contributed by atoms with Crippen molar-refractivity contribution >= 4 is 25.4 Å². The molecule has 4 heteroatoms. The first-order valence-corrected chi connectivity index (χ1v) is 11.7. The van der Waals surface area contributed by atoms with Gasteiger partial charge in [0, 0.05) is 24.8 Å². The number of allylic oxidation sites excluding steroid dienone is 1. The lowest BCUT2D eigenvalue weighted by atomic mass is 9.74. The van der Waals surface area contributed by atoms with Crippen molar-refractivity contribution in [3.63, 3.8) is 0 Å². The van der Waals surface area contributed by atoms with Gasteiger partial charge in [-0.3, -0.25) is 9.59 Å². The molecule has 0 amide bonds. The predicted octanol–water partition coefficient (Wildman–Crippen LogP) is 4.62. The van der Waals surface area contributed by atoms with Gasteiger partial charge in [-0.25, -0.2) is 0 Å². The van der Waals surface area contributed by atoms with Gasteiger partial charge in [-0.2, -0.15) is 0 Å². The zero-order valence-corrected chi connectivity index (χ0v) is 15.1. The summed E-state index contributed by atoms with van der Waals surface area (Å²) in [6, 6.07) is 9.32. The lowest BCUT2D eigenvalue weighted by Gasteiger charge is -2.41. The first kappa shape index (κ1) is 16.2. The third kappa shape index (κ3) is 2.92. The fourth-order valence-electron chi connectivity index (χ4n) is 3.71. The minimum absolute atomic E-state index is 0.00787. The highest BCUT2D eigenvalue weighted by Gasteiger charge is 2.40. The quantitative estimate of drug-likeness (QED) is 0.636. The van der Waals surface area contributed by atoms with Crippen LogP contribution in [0.1, 0.15) is 42.1 Å². The average molecular weight is 328 g/mol. The topological polar surface area (TPSA) is 54.4 Å². The standard InChI is InChI=1S/C19H24O3Si/c1-19(8-10-23(2,3)11-9-19)12-15-16(20)13-6-4-5-7-14(13)17(21)18(15)22/h4-7,20H,8-12H2,1-3H3. The van der Waals surface area contributed by atoms with E-state index in [4.69, 9.17) is 0 Å². The molecule has 1 aromatic rings. The van der Waals surface area contributed by atoms with E-state index in [1.165, 1.54) is 12.1 Å². The molecule has 1 saturated heterocycles. The molecule has 0 unspecified atom stereocenters. The molecule has 0 saturated carbocycles. The van der Waals surface area contributed by atoms with Crippen LogP contribution in [0.5, 0.6) is 0 Å². The largest absolute Gasteiger partial charge is 0.507 e. The van der Waals surface area contributed by atoms with Crippen LogP contribution in [0.25, 0.3) is 5.76 Å². The van der Waals surface area contributed by atoms with E-state index in [0.29, 0.717) is 23.1 Å². The van der Waals surface area contributed by atoms with E-state index in [1.807, 2.05) is 0 Å². The van der Waals surface area contributed by atoms with Crippen LogP contribution in [-0.4, -0.2) is 24.7 Å². The highest BCUT2D eigenvalue weighted by atomic mass is 28.3. The molecule has 0 spiro atoms. The van der Waals surface area contributed by atoms with Gasteiger partial charge in [0.15, 0.2) is 0 Å². The van der Waals surface area contributed by atoms with Gasteiger partial charge in [-0.1, -0.05) is 56.4 Å². The minimum Gasteiger partial charge on any atom is -0.507 e. The number of ketones is 2. The fourth-order valence-corrected chi connectivity index (χ4v) is 6.53. The van der Waals surface area contributed by atoms with Crippen LogP contribution in [0, 0.1) is 5.41 Å². The Bertz CT molecular complexity index is 705. The predicted molar refractivity (Wildman–Crippen MR) is 94.4 cm³/mol. The van der Waals surface area contributed by atoms with Gasteiger partial charge >= 0.3 is 0 Å². The molecule has 1 aromatic carbocycles. The molecule has 0 bridgehead atoms. The summed E-state index contributed by atoms with van der Waals surface area (Å²) in [4.78, 5) is 24.8. The van der Waals surface area contributed by atoms with Crippen LogP contribution < -0.4 is 0 Å². The molecule has 3 nitrogen and oxygen atoms in total. The Labute approximate surface area is 138 Å². The summed E-state index contributed by atoms with van der Waals surface area (Å²) in [5.41, 5.74) is 1.15. The van der Waals surface area contributed by atoms with Gasteiger partial charge in [0.1, 0.15) is 5.76 Å². The maximum Gasteiger partial charge on any atom is 0.234 e. The maximum absolute atomic E-state index is 12.5. The number of benzene rings is 1. The molecule has 0 aromatic heterocycles. The number of aliphatic hydroxyl groups is 1. The summed E-state index contributed by atoms with van der Waals surface area (Å²) in [5, 5.41) is 10.6. The zero-order chi connectivity index (χ0) is 16.8. The van der Waals surface area contributed by atoms with Crippen molar-refractivity contribution in [3.05, 3.63) is 41.0 Å². The molecule has 1 aliphatic heterocycles. The molecule has 122 valence electrons. The van der Waals surface area contributed by atoms with E-state index in [1.54, 1.807) is 24.3 Å². The van der Waals surface area contributed by atoms with Crippen LogP contribution in [0.2, 0.25) is 25.2 Å². The number of rotatable bonds is 2. The van der Waals surface area contributed by atoms with Gasteiger partial charge in [-0.15, -0.1) is 0 Å².